The Morgan fingerprint density at radius 2 is 1.57 bits per heavy atom. The fraction of sp³-hybridized carbons (Fsp3) is 0.471. The molecule has 0 aliphatic rings. The van der Waals surface area contributed by atoms with Crippen molar-refractivity contribution in [3.8, 4) is 0 Å². The molecular formula is C17H22O6. The second-order valence-corrected chi connectivity index (χ2v) is 5.84. The van der Waals surface area contributed by atoms with Crippen molar-refractivity contribution in [3.63, 3.8) is 0 Å². The Hall–Kier alpha value is -2.37. The lowest BCUT2D eigenvalue weighted by Crippen LogP contribution is -2.26. The molecule has 0 atom stereocenters. The van der Waals surface area contributed by atoms with E-state index in [0.717, 1.165) is 0 Å². The number of hydrogen-bond acceptors (Lipinski definition) is 6. The van der Waals surface area contributed by atoms with Gasteiger partial charge in [0.1, 0.15) is 13.2 Å². The molecule has 126 valence electrons. The van der Waals surface area contributed by atoms with Gasteiger partial charge >= 0.3 is 17.9 Å². The van der Waals surface area contributed by atoms with E-state index >= 15 is 0 Å². The van der Waals surface area contributed by atoms with Gasteiger partial charge in [0.15, 0.2) is 0 Å². The van der Waals surface area contributed by atoms with Crippen molar-refractivity contribution in [2.75, 3.05) is 19.8 Å². The molecule has 1 aromatic carbocycles. The van der Waals surface area contributed by atoms with E-state index in [9.17, 15) is 14.4 Å². The second-order valence-electron chi connectivity index (χ2n) is 5.84. The average Bonchev–Trinajstić information content (AvgIpc) is 2.50. The Labute approximate surface area is 135 Å². The summed E-state index contributed by atoms with van der Waals surface area (Å²) in [6, 6.07) is 8.57. The minimum atomic E-state index is -0.510. The molecule has 23 heavy (non-hydrogen) atoms. The summed E-state index contributed by atoms with van der Waals surface area (Å²) in [5, 5.41) is 0. The molecule has 0 heterocycles. The third-order valence-electron chi connectivity index (χ3n) is 2.88. The van der Waals surface area contributed by atoms with Gasteiger partial charge in [-0.2, -0.15) is 0 Å². The molecule has 1 rings (SSSR count). The fourth-order valence-corrected chi connectivity index (χ4v) is 1.74. The molecule has 6 heteroatoms. The zero-order chi connectivity index (χ0) is 17.3. The predicted octanol–water partition coefficient (Wildman–Crippen LogP) is 2.37. The minimum absolute atomic E-state index is 0.0101. The van der Waals surface area contributed by atoms with Gasteiger partial charge in [-0.25, -0.2) is 4.79 Å². The van der Waals surface area contributed by atoms with Crippen molar-refractivity contribution in [1.82, 2.24) is 0 Å². The van der Waals surface area contributed by atoms with Crippen molar-refractivity contribution in [2.24, 2.45) is 5.41 Å². The van der Waals surface area contributed by atoms with Crippen LogP contribution in [-0.4, -0.2) is 37.7 Å². The summed E-state index contributed by atoms with van der Waals surface area (Å²) in [5.41, 5.74) is -0.0648. The molecule has 1 aromatic rings. The topological polar surface area (TPSA) is 78.9 Å². The molecular weight excluding hydrogens is 300 g/mol. The standard InChI is InChI=1S/C17H22O6/c1-13(18)23-12-17(2,3)11-15(19)21-9-10-22-16(20)14-7-5-4-6-8-14/h4-8H,9-12H2,1-3H3. The lowest BCUT2D eigenvalue weighted by Gasteiger charge is -2.22. The first-order chi connectivity index (χ1) is 10.8. The van der Waals surface area contributed by atoms with Gasteiger partial charge in [0.2, 0.25) is 0 Å². The molecule has 0 saturated heterocycles. The molecule has 0 aliphatic heterocycles. The molecule has 0 radical (unpaired) electrons. The average molecular weight is 322 g/mol. The summed E-state index contributed by atoms with van der Waals surface area (Å²) < 4.78 is 14.9. The Morgan fingerprint density at radius 3 is 2.17 bits per heavy atom. The largest absolute Gasteiger partial charge is 0.465 e. The highest BCUT2D eigenvalue weighted by Crippen LogP contribution is 2.21. The van der Waals surface area contributed by atoms with E-state index in [-0.39, 0.29) is 32.2 Å². The molecule has 0 saturated carbocycles. The summed E-state index contributed by atoms with van der Waals surface area (Å²) in [4.78, 5) is 34.2. The summed E-state index contributed by atoms with van der Waals surface area (Å²) in [6.07, 6.45) is 0.104. The van der Waals surface area contributed by atoms with Crippen molar-refractivity contribution >= 4 is 17.9 Å². The van der Waals surface area contributed by atoms with Gasteiger partial charge in [0.25, 0.3) is 0 Å². The number of rotatable bonds is 8. The van der Waals surface area contributed by atoms with Gasteiger partial charge in [-0.1, -0.05) is 32.0 Å². The molecule has 0 spiro atoms. The summed E-state index contributed by atoms with van der Waals surface area (Å²) in [6.45, 7) is 5.03. The van der Waals surface area contributed by atoms with Gasteiger partial charge in [0, 0.05) is 12.3 Å². The number of esters is 3. The van der Waals surface area contributed by atoms with Crippen LogP contribution in [0.1, 0.15) is 37.6 Å². The van der Waals surface area contributed by atoms with Gasteiger partial charge in [-0.05, 0) is 12.1 Å². The Kier molecular flexibility index (Phi) is 7.25. The lowest BCUT2D eigenvalue weighted by atomic mass is 9.90. The lowest BCUT2D eigenvalue weighted by molar-refractivity contribution is -0.152. The summed E-state index contributed by atoms with van der Waals surface area (Å²) in [7, 11) is 0. The van der Waals surface area contributed by atoms with E-state index in [1.165, 1.54) is 6.92 Å². The fourth-order valence-electron chi connectivity index (χ4n) is 1.74. The van der Waals surface area contributed by atoms with Crippen LogP contribution in [0.2, 0.25) is 0 Å². The van der Waals surface area contributed by atoms with Gasteiger partial charge < -0.3 is 14.2 Å². The Morgan fingerprint density at radius 1 is 0.957 bits per heavy atom. The van der Waals surface area contributed by atoms with Crippen molar-refractivity contribution < 1.29 is 28.6 Å². The van der Waals surface area contributed by atoms with Crippen LogP contribution in [0.3, 0.4) is 0 Å². The molecule has 0 fully saturated rings. The van der Waals surface area contributed by atoms with Crippen LogP contribution in [0.15, 0.2) is 30.3 Å². The van der Waals surface area contributed by atoms with Gasteiger partial charge in [-0.3, -0.25) is 9.59 Å². The number of ether oxygens (including phenoxy) is 3. The monoisotopic (exact) mass is 322 g/mol. The van der Waals surface area contributed by atoms with Crippen LogP contribution < -0.4 is 0 Å². The quantitative estimate of drug-likeness (QED) is 0.415. The number of carbonyl (C=O) groups excluding carboxylic acids is 3. The minimum Gasteiger partial charge on any atom is -0.465 e. The second kappa shape index (κ2) is 8.92. The third-order valence-corrected chi connectivity index (χ3v) is 2.88. The number of carbonyl (C=O) groups is 3. The van der Waals surface area contributed by atoms with E-state index in [2.05, 4.69) is 0 Å². The van der Waals surface area contributed by atoms with E-state index < -0.39 is 17.4 Å². The van der Waals surface area contributed by atoms with Crippen LogP contribution in [0.25, 0.3) is 0 Å². The molecule has 6 nitrogen and oxygen atoms in total. The molecule has 0 N–H and O–H groups in total. The van der Waals surface area contributed by atoms with Crippen LogP contribution in [0.5, 0.6) is 0 Å². The SMILES string of the molecule is CC(=O)OCC(C)(C)CC(=O)OCCOC(=O)c1ccccc1. The molecule has 0 aromatic heterocycles. The highest BCUT2D eigenvalue weighted by Gasteiger charge is 2.24. The Bertz CT molecular complexity index is 535. The molecule has 0 amide bonds. The van der Waals surface area contributed by atoms with Crippen molar-refractivity contribution in [3.05, 3.63) is 35.9 Å². The molecule has 0 bridgehead atoms. The predicted molar refractivity (Wildman–Crippen MR) is 82.7 cm³/mol. The van der Waals surface area contributed by atoms with Crippen LogP contribution >= 0.6 is 0 Å². The first kappa shape index (κ1) is 18.7. The maximum absolute atomic E-state index is 11.7. The van der Waals surface area contributed by atoms with Gasteiger partial charge in [-0.15, -0.1) is 0 Å². The van der Waals surface area contributed by atoms with Crippen molar-refractivity contribution in [1.29, 1.82) is 0 Å². The third kappa shape index (κ3) is 7.99. The van der Waals surface area contributed by atoms with Crippen molar-refractivity contribution in [2.45, 2.75) is 27.2 Å². The van der Waals surface area contributed by atoms with E-state index in [1.807, 2.05) is 0 Å². The van der Waals surface area contributed by atoms with Crippen LogP contribution in [0.4, 0.5) is 0 Å². The zero-order valence-corrected chi connectivity index (χ0v) is 13.7. The molecule has 0 unspecified atom stereocenters. The smallest absolute Gasteiger partial charge is 0.338 e. The summed E-state index contributed by atoms with van der Waals surface area (Å²) >= 11 is 0. The van der Waals surface area contributed by atoms with Gasteiger partial charge in [0.05, 0.1) is 18.6 Å². The normalized spacial score (nSPS) is 10.7. The number of hydrogen-bond donors (Lipinski definition) is 0. The summed E-state index contributed by atoms with van der Waals surface area (Å²) in [5.74, 6) is -1.28. The highest BCUT2D eigenvalue weighted by molar-refractivity contribution is 5.89. The first-order valence-electron chi connectivity index (χ1n) is 7.31. The number of benzene rings is 1. The van der Waals surface area contributed by atoms with Crippen LogP contribution in [0, 0.1) is 5.41 Å². The first-order valence-corrected chi connectivity index (χ1v) is 7.31. The maximum atomic E-state index is 11.7. The van der Waals surface area contributed by atoms with Crippen LogP contribution in [-0.2, 0) is 23.8 Å². The molecule has 0 aliphatic carbocycles. The highest BCUT2D eigenvalue weighted by atomic mass is 16.6. The zero-order valence-electron chi connectivity index (χ0n) is 13.7. The van der Waals surface area contributed by atoms with E-state index in [4.69, 9.17) is 14.2 Å². The Balaban J connectivity index is 2.23. The van der Waals surface area contributed by atoms with E-state index in [0.29, 0.717) is 5.56 Å². The maximum Gasteiger partial charge on any atom is 0.338 e. The van der Waals surface area contributed by atoms with E-state index in [1.54, 1.807) is 44.2 Å².